The van der Waals surface area contributed by atoms with Crippen LogP contribution in [-0.4, -0.2) is 5.91 Å². The van der Waals surface area contributed by atoms with Crippen LogP contribution in [0.2, 0.25) is 5.02 Å². The highest BCUT2D eigenvalue weighted by atomic mass is 35.5. The van der Waals surface area contributed by atoms with Crippen molar-refractivity contribution in [2.75, 3.05) is 5.32 Å². The molecular formula is C15H11ClN2O2. The van der Waals surface area contributed by atoms with Crippen LogP contribution in [0.5, 0.6) is 0 Å². The highest BCUT2D eigenvalue weighted by molar-refractivity contribution is 6.31. The first-order valence-electron chi connectivity index (χ1n) is 5.83. The number of rotatable bonds is 3. The number of benzene rings is 1. The van der Waals surface area contributed by atoms with Crippen LogP contribution in [0.25, 0.3) is 6.08 Å². The number of hydrogen-bond acceptors (Lipinski definition) is 3. The van der Waals surface area contributed by atoms with E-state index >= 15 is 0 Å². The molecule has 2 rings (SSSR count). The number of anilines is 1. The molecule has 4 nitrogen and oxygen atoms in total. The van der Waals surface area contributed by atoms with Gasteiger partial charge in [-0.3, -0.25) is 4.79 Å². The number of amides is 1. The maximum absolute atomic E-state index is 12.0. The maximum Gasteiger partial charge on any atom is 0.266 e. The molecule has 1 aromatic heterocycles. The Bertz CT molecular complexity index is 697. The molecule has 0 bridgehead atoms. The second kappa shape index (κ2) is 6.09. The third-order valence-corrected chi connectivity index (χ3v) is 3.12. The first-order chi connectivity index (χ1) is 9.61. The van der Waals surface area contributed by atoms with Crippen LogP contribution >= 0.6 is 11.6 Å². The van der Waals surface area contributed by atoms with Gasteiger partial charge in [0.15, 0.2) is 0 Å². The van der Waals surface area contributed by atoms with E-state index in [0.717, 1.165) is 5.56 Å². The molecular weight excluding hydrogens is 276 g/mol. The van der Waals surface area contributed by atoms with Crippen molar-refractivity contribution < 1.29 is 9.21 Å². The molecule has 1 aromatic carbocycles. The smallest absolute Gasteiger partial charge is 0.266 e. The van der Waals surface area contributed by atoms with Crippen molar-refractivity contribution in [2.45, 2.75) is 6.92 Å². The highest BCUT2D eigenvalue weighted by Gasteiger charge is 2.12. The Morgan fingerprint density at radius 2 is 2.20 bits per heavy atom. The Morgan fingerprint density at radius 1 is 1.40 bits per heavy atom. The van der Waals surface area contributed by atoms with Crippen LogP contribution in [0, 0.1) is 18.3 Å². The van der Waals surface area contributed by atoms with E-state index in [0.29, 0.717) is 16.5 Å². The molecule has 100 valence electrons. The summed E-state index contributed by atoms with van der Waals surface area (Å²) in [5.41, 5.74) is 1.28. The molecule has 0 radical (unpaired) electrons. The average Bonchev–Trinajstić information content (AvgIpc) is 2.94. The Balaban J connectivity index is 2.23. The topological polar surface area (TPSA) is 66.0 Å². The van der Waals surface area contributed by atoms with Gasteiger partial charge in [0.2, 0.25) is 0 Å². The maximum atomic E-state index is 12.0. The van der Waals surface area contributed by atoms with Crippen LogP contribution in [0.3, 0.4) is 0 Å². The van der Waals surface area contributed by atoms with Gasteiger partial charge in [-0.15, -0.1) is 0 Å². The van der Waals surface area contributed by atoms with E-state index in [2.05, 4.69) is 5.32 Å². The lowest BCUT2D eigenvalue weighted by atomic mass is 10.1. The lowest BCUT2D eigenvalue weighted by Crippen LogP contribution is -2.14. The van der Waals surface area contributed by atoms with Crippen molar-refractivity contribution >= 4 is 29.3 Å². The molecule has 0 aliphatic heterocycles. The standard InChI is InChI=1S/C15H11ClN2O2/c1-10-13(16)5-2-6-14(10)18-15(19)11(9-17)8-12-4-3-7-20-12/h2-8H,1H3,(H,18,19)/b11-8+. The fourth-order valence-corrected chi connectivity index (χ4v) is 1.77. The predicted octanol–water partition coefficient (Wildman–Crippen LogP) is 3.79. The number of nitrogens with one attached hydrogen (secondary N) is 1. The van der Waals surface area contributed by atoms with Gasteiger partial charge in [0, 0.05) is 16.8 Å². The Labute approximate surface area is 121 Å². The highest BCUT2D eigenvalue weighted by Crippen LogP contribution is 2.23. The summed E-state index contributed by atoms with van der Waals surface area (Å²) in [6.07, 6.45) is 2.86. The van der Waals surface area contributed by atoms with E-state index < -0.39 is 5.91 Å². The number of hydrogen-bond donors (Lipinski definition) is 1. The SMILES string of the molecule is Cc1c(Cl)cccc1NC(=O)/C(C#N)=C/c1ccco1. The number of carbonyl (C=O) groups excluding carboxylic acids is 1. The number of nitrogens with zero attached hydrogens (tertiary/aromatic N) is 1. The number of furan rings is 1. The third kappa shape index (κ3) is 3.08. The van der Waals surface area contributed by atoms with E-state index in [-0.39, 0.29) is 5.57 Å². The molecule has 1 heterocycles. The summed E-state index contributed by atoms with van der Waals surface area (Å²) in [5.74, 6) is -0.0613. The molecule has 0 unspecified atom stereocenters. The summed E-state index contributed by atoms with van der Waals surface area (Å²) in [4.78, 5) is 12.0. The van der Waals surface area contributed by atoms with Gasteiger partial charge < -0.3 is 9.73 Å². The molecule has 0 saturated heterocycles. The number of halogens is 1. The largest absolute Gasteiger partial charge is 0.465 e. The van der Waals surface area contributed by atoms with E-state index in [1.807, 2.05) is 6.07 Å². The van der Waals surface area contributed by atoms with E-state index in [1.54, 1.807) is 37.3 Å². The molecule has 1 amide bonds. The van der Waals surface area contributed by atoms with Gasteiger partial charge in [-0.25, -0.2) is 0 Å². The fourth-order valence-electron chi connectivity index (χ4n) is 1.60. The van der Waals surface area contributed by atoms with Crippen LogP contribution < -0.4 is 5.32 Å². The molecule has 2 aromatic rings. The van der Waals surface area contributed by atoms with Gasteiger partial charge in [0.05, 0.1) is 6.26 Å². The molecule has 0 atom stereocenters. The fraction of sp³-hybridized carbons (Fsp3) is 0.0667. The minimum absolute atomic E-state index is 0.0423. The van der Waals surface area contributed by atoms with Gasteiger partial charge in [-0.2, -0.15) is 5.26 Å². The monoisotopic (exact) mass is 286 g/mol. The van der Waals surface area contributed by atoms with Gasteiger partial charge >= 0.3 is 0 Å². The van der Waals surface area contributed by atoms with Gasteiger partial charge in [0.1, 0.15) is 17.4 Å². The first kappa shape index (κ1) is 13.9. The summed E-state index contributed by atoms with van der Waals surface area (Å²) in [6.45, 7) is 1.79. The van der Waals surface area contributed by atoms with Crippen molar-refractivity contribution in [2.24, 2.45) is 0 Å². The Hall–Kier alpha value is -2.51. The second-order valence-corrected chi connectivity index (χ2v) is 4.46. The zero-order chi connectivity index (χ0) is 14.5. The predicted molar refractivity (Wildman–Crippen MR) is 77.1 cm³/mol. The van der Waals surface area contributed by atoms with Crippen LogP contribution in [0.15, 0.2) is 46.6 Å². The van der Waals surface area contributed by atoms with Crippen molar-refractivity contribution in [1.82, 2.24) is 0 Å². The summed E-state index contributed by atoms with van der Waals surface area (Å²) < 4.78 is 5.08. The summed E-state index contributed by atoms with van der Waals surface area (Å²) >= 11 is 5.98. The van der Waals surface area contributed by atoms with Crippen molar-refractivity contribution in [3.8, 4) is 6.07 Å². The van der Waals surface area contributed by atoms with Gasteiger partial charge in [-0.05, 0) is 36.8 Å². The van der Waals surface area contributed by atoms with Crippen LogP contribution in [0.1, 0.15) is 11.3 Å². The van der Waals surface area contributed by atoms with Crippen LogP contribution in [-0.2, 0) is 4.79 Å². The number of nitriles is 1. The van der Waals surface area contributed by atoms with E-state index in [4.69, 9.17) is 21.3 Å². The summed E-state index contributed by atoms with van der Waals surface area (Å²) in [6, 6.07) is 10.4. The van der Waals surface area contributed by atoms with Gasteiger partial charge in [0.25, 0.3) is 5.91 Å². The number of carbonyl (C=O) groups is 1. The molecule has 1 N–H and O–H groups in total. The Morgan fingerprint density at radius 3 is 2.85 bits per heavy atom. The average molecular weight is 287 g/mol. The summed E-state index contributed by atoms with van der Waals surface area (Å²) in [7, 11) is 0. The molecule has 5 heteroatoms. The van der Waals surface area contributed by atoms with Crippen LogP contribution in [0.4, 0.5) is 5.69 Å². The minimum Gasteiger partial charge on any atom is -0.465 e. The van der Waals surface area contributed by atoms with E-state index in [1.165, 1.54) is 12.3 Å². The lowest BCUT2D eigenvalue weighted by Gasteiger charge is -2.08. The normalized spacial score (nSPS) is 10.9. The molecule has 20 heavy (non-hydrogen) atoms. The molecule has 0 aliphatic rings. The first-order valence-corrected chi connectivity index (χ1v) is 6.21. The molecule has 0 spiro atoms. The van der Waals surface area contributed by atoms with Crippen molar-refractivity contribution in [3.63, 3.8) is 0 Å². The zero-order valence-electron chi connectivity index (χ0n) is 10.7. The molecule has 0 aliphatic carbocycles. The minimum atomic E-state index is -0.505. The quantitative estimate of drug-likeness (QED) is 0.689. The molecule has 0 fully saturated rings. The zero-order valence-corrected chi connectivity index (χ0v) is 11.4. The third-order valence-electron chi connectivity index (χ3n) is 2.71. The lowest BCUT2D eigenvalue weighted by molar-refractivity contribution is -0.112. The van der Waals surface area contributed by atoms with Crippen molar-refractivity contribution in [3.05, 3.63) is 58.5 Å². The van der Waals surface area contributed by atoms with E-state index in [9.17, 15) is 4.79 Å². The second-order valence-electron chi connectivity index (χ2n) is 4.05. The Kier molecular flexibility index (Phi) is 4.24. The molecule has 0 saturated carbocycles. The summed E-state index contributed by atoms with van der Waals surface area (Å²) in [5, 5.41) is 12.3. The van der Waals surface area contributed by atoms with Crippen molar-refractivity contribution in [1.29, 1.82) is 5.26 Å². The van der Waals surface area contributed by atoms with Gasteiger partial charge in [-0.1, -0.05) is 17.7 Å².